The molecule has 0 saturated carbocycles. The van der Waals surface area contributed by atoms with E-state index in [2.05, 4.69) is 39.6 Å². The zero-order valence-corrected chi connectivity index (χ0v) is 10.7. The quantitative estimate of drug-likeness (QED) is 0.783. The lowest BCUT2D eigenvalue weighted by molar-refractivity contribution is -0.128. The highest BCUT2D eigenvalue weighted by atomic mass is 16.5. The summed E-state index contributed by atoms with van der Waals surface area (Å²) < 4.78 is 4.15. The van der Waals surface area contributed by atoms with E-state index in [0.717, 1.165) is 13.1 Å². The number of para-hydroxylation sites is 1. The summed E-state index contributed by atoms with van der Waals surface area (Å²) in [7, 11) is 0. The number of hydrogen-bond acceptors (Lipinski definition) is 4. The molecule has 0 aromatic heterocycles. The van der Waals surface area contributed by atoms with Gasteiger partial charge in [0.1, 0.15) is 0 Å². The van der Waals surface area contributed by atoms with E-state index in [0.29, 0.717) is 25.0 Å². The molecule has 2 aliphatic rings. The summed E-state index contributed by atoms with van der Waals surface area (Å²) in [6, 6.07) is 9.36. The summed E-state index contributed by atoms with van der Waals surface area (Å²) in [6.07, 6.45) is 1.25. The summed E-state index contributed by atoms with van der Waals surface area (Å²) in [5.41, 5.74) is 2.85. The summed E-state index contributed by atoms with van der Waals surface area (Å²) in [5.74, 6) is 0.699. The van der Waals surface area contributed by atoms with E-state index in [9.17, 15) is 4.79 Å². The van der Waals surface area contributed by atoms with Crippen molar-refractivity contribution in [2.75, 3.05) is 25.0 Å². The number of carbonyl (C=O) groups is 1. The first-order valence-electron chi connectivity index (χ1n) is 6.48. The van der Waals surface area contributed by atoms with Crippen molar-refractivity contribution in [1.29, 1.82) is 0 Å². The van der Waals surface area contributed by atoms with E-state index in [1.807, 2.05) is 0 Å². The van der Waals surface area contributed by atoms with Gasteiger partial charge in [0.2, 0.25) is 0 Å². The predicted molar refractivity (Wildman–Crippen MR) is 71.8 cm³/mol. The molecule has 2 unspecified atom stereocenters. The molecular formula is C14H20N2O2. The molecule has 0 amide bonds. The molecule has 3 rings (SSSR count). The molecule has 2 atom stereocenters. The number of hydrogen-bond donors (Lipinski definition) is 2. The van der Waals surface area contributed by atoms with E-state index < -0.39 is 0 Å². The molecular weight excluding hydrogens is 228 g/mol. The number of ether oxygens (including phenoxy) is 1. The van der Waals surface area contributed by atoms with E-state index in [-0.39, 0.29) is 0 Å². The molecule has 4 nitrogen and oxygen atoms in total. The number of piperidine rings is 1. The number of nitrogens with one attached hydrogen (secondary N) is 2. The number of rotatable bonds is 2. The fourth-order valence-corrected chi connectivity index (χ4v) is 2.58. The van der Waals surface area contributed by atoms with Gasteiger partial charge in [-0.25, -0.2) is 0 Å². The average Bonchev–Trinajstić information content (AvgIpc) is 2.79. The normalized spacial score (nSPS) is 23.8. The number of carbonyl (C=O) groups excluding carboxylic acids is 1. The van der Waals surface area contributed by atoms with Crippen LogP contribution < -0.4 is 10.6 Å². The van der Waals surface area contributed by atoms with Gasteiger partial charge in [-0.2, -0.15) is 0 Å². The first kappa shape index (κ1) is 12.9. The van der Waals surface area contributed by atoms with E-state index >= 15 is 0 Å². The highest BCUT2D eigenvalue weighted by Crippen LogP contribution is 2.37. The molecule has 2 N–H and O–H groups in total. The second-order valence-electron chi connectivity index (χ2n) is 4.49. The maximum absolute atomic E-state index is 9.18. The zero-order valence-electron chi connectivity index (χ0n) is 10.7. The van der Waals surface area contributed by atoms with Crippen molar-refractivity contribution in [3.8, 4) is 0 Å². The lowest BCUT2D eigenvalue weighted by Gasteiger charge is -2.26. The lowest BCUT2D eigenvalue weighted by atomic mass is 9.91. The molecule has 98 valence electrons. The molecule has 4 heteroatoms. The van der Waals surface area contributed by atoms with Crippen LogP contribution in [0.15, 0.2) is 24.3 Å². The van der Waals surface area contributed by atoms with E-state index in [1.54, 1.807) is 6.92 Å². The Hall–Kier alpha value is -1.55. The minimum absolute atomic E-state index is 0.431. The van der Waals surface area contributed by atoms with E-state index in [1.165, 1.54) is 17.7 Å². The fraction of sp³-hybridized carbons (Fsp3) is 0.500. The maximum Gasteiger partial charge on any atom is 0.293 e. The Balaban J connectivity index is 0.000000209. The maximum atomic E-state index is 9.18. The van der Waals surface area contributed by atoms with Gasteiger partial charge in [-0.15, -0.1) is 0 Å². The highest BCUT2D eigenvalue weighted by Gasteiger charge is 2.33. The third-order valence-corrected chi connectivity index (χ3v) is 3.42. The Morgan fingerprint density at radius 3 is 3.00 bits per heavy atom. The van der Waals surface area contributed by atoms with Gasteiger partial charge in [-0.05, 0) is 31.5 Å². The largest absolute Gasteiger partial charge is 0.468 e. The standard InChI is InChI=1S/C11H14N2.C3H6O2/c1-2-4-10-8(3-1)9-7-12-6-5-11(9)13-10;1-2-5-3-4/h1-4,9,11-13H,5-7H2;3H,2H2,1H3. The minimum atomic E-state index is 0.431. The van der Waals surface area contributed by atoms with Crippen LogP contribution in [0.5, 0.6) is 0 Å². The monoisotopic (exact) mass is 248 g/mol. The lowest BCUT2D eigenvalue weighted by Crippen LogP contribution is -2.38. The minimum Gasteiger partial charge on any atom is -0.468 e. The van der Waals surface area contributed by atoms with Crippen molar-refractivity contribution >= 4 is 12.2 Å². The Kier molecular flexibility index (Phi) is 4.59. The first-order chi connectivity index (χ1) is 8.86. The van der Waals surface area contributed by atoms with Gasteiger partial charge in [0.15, 0.2) is 0 Å². The second-order valence-corrected chi connectivity index (χ2v) is 4.49. The predicted octanol–water partition coefficient (Wildman–Crippen LogP) is 1.74. The first-order valence-corrected chi connectivity index (χ1v) is 6.48. The molecule has 1 aromatic rings. The summed E-state index contributed by atoms with van der Waals surface area (Å²) in [4.78, 5) is 9.18. The number of benzene rings is 1. The highest BCUT2D eigenvalue weighted by molar-refractivity contribution is 5.59. The SMILES string of the molecule is CCOC=O.c1ccc2c(c1)NC1CCNCC21. The summed E-state index contributed by atoms with van der Waals surface area (Å²) in [6.45, 7) is 4.95. The third-order valence-electron chi connectivity index (χ3n) is 3.42. The fourth-order valence-electron chi connectivity index (χ4n) is 2.58. The molecule has 1 fully saturated rings. The summed E-state index contributed by atoms with van der Waals surface area (Å²) >= 11 is 0. The smallest absolute Gasteiger partial charge is 0.293 e. The van der Waals surface area contributed by atoms with Crippen molar-refractivity contribution < 1.29 is 9.53 Å². The van der Waals surface area contributed by atoms with Crippen molar-refractivity contribution in [2.24, 2.45) is 0 Å². The number of fused-ring (bicyclic) bond motifs is 3. The topological polar surface area (TPSA) is 50.4 Å². The third kappa shape index (κ3) is 2.82. The van der Waals surface area contributed by atoms with Crippen LogP contribution >= 0.6 is 0 Å². The van der Waals surface area contributed by atoms with Crippen LogP contribution in [-0.4, -0.2) is 32.2 Å². The van der Waals surface area contributed by atoms with Crippen molar-refractivity contribution in [2.45, 2.75) is 25.3 Å². The number of anilines is 1. The van der Waals surface area contributed by atoms with Crippen LogP contribution in [0, 0.1) is 0 Å². The Morgan fingerprint density at radius 1 is 1.44 bits per heavy atom. The molecule has 18 heavy (non-hydrogen) atoms. The van der Waals surface area contributed by atoms with E-state index in [4.69, 9.17) is 0 Å². The van der Waals surface area contributed by atoms with Crippen molar-refractivity contribution in [3.05, 3.63) is 29.8 Å². The molecule has 1 aromatic carbocycles. The molecule has 1 saturated heterocycles. The van der Waals surface area contributed by atoms with Gasteiger partial charge in [0, 0.05) is 24.2 Å². The second kappa shape index (κ2) is 6.40. The van der Waals surface area contributed by atoms with Crippen molar-refractivity contribution in [3.63, 3.8) is 0 Å². The molecule has 0 aliphatic carbocycles. The molecule has 2 aliphatic heterocycles. The van der Waals surface area contributed by atoms with Crippen LogP contribution in [0.2, 0.25) is 0 Å². The average molecular weight is 248 g/mol. The van der Waals surface area contributed by atoms with Gasteiger partial charge in [-0.3, -0.25) is 4.79 Å². The van der Waals surface area contributed by atoms with Gasteiger partial charge in [0.05, 0.1) is 6.61 Å². The van der Waals surface area contributed by atoms with Crippen LogP contribution in [-0.2, 0) is 9.53 Å². The molecule has 0 radical (unpaired) electrons. The zero-order chi connectivity index (χ0) is 12.8. The van der Waals surface area contributed by atoms with Gasteiger partial charge >= 0.3 is 0 Å². The Labute approximate surface area is 108 Å². The molecule has 0 bridgehead atoms. The Bertz CT molecular complexity index is 395. The molecule has 0 spiro atoms. The Morgan fingerprint density at radius 2 is 2.28 bits per heavy atom. The van der Waals surface area contributed by atoms with Gasteiger partial charge < -0.3 is 15.4 Å². The molecule has 2 heterocycles. The van der Waals surface area contributed by atoms with Crippen molar-refractivity contribution in [1.82, 2.24) is 5.32 Å². The van der Waals surface area contributed by atoms with Crippen LogP contribution in [0.4, 0.5) is 5.69 Å². The van der Waals surface area contributed by atoms with Gasteiger partial charge in [-0.1, -0.05) is 18.2 Å². The van der Waals surface area contributed by atoms with Crippen LogP contribution in [0.3, 0.4) is 0 Å². The van der Waals surface area contributed by atoms with Crippen LogP contribution in [0.1, 0.15) is 24.8 Å². The van der Waals surface area contributed by atoms with Crippen LogP contribution in [0.25, 0.3) is 0 Å². The summed E-state index contributed by atoms with van der Waals surface area (Å²) in [5, 5.41) is 7.05. The van der Waals surface area contributed by atoms with Gasteiger partial charge in [0.25, 0.3) is 6.47 Å².